The van der Waals surface area contributed by atoms with Crippen molar-refractivity contribution in [1.82, 2.24) is 19.7 Å². The van der Waals surface area contributed by atoms with Gasteiger partial charge in [0, 0.05) is 61.3 Å². The van der Waals surface area contributed by atoms with Crippen molar-refractivity contribution in [3.05, 3.63) is 70.2 Å². The van der Waals surface area contributed by atoms with E-state index in [1.807, 2.05) is 25.4 Å². The molecule has 3 aromatic rings. The van der Waals surface area contributed by atoms with Gasteiger partial charge in [-0.25, -0.2) is 13.6 Å². The van der Waals surface area contributed by atoms with Crippen LogP contribution in [0.4, 0.5) is 19.3 Å². The van der Waals surface area contributed by atoms with E-state index in [-0.39, 0.29) is 23.0 Å². The summed E-state index contributed by atoms with van der Waals surface area (Å²) in [5.74, 6) is -3.01. The topological polar surface area (TPSA) is 63.1 Å². The molecule has 0 saturated carbocycles. The second-order valence-electron chi connectivity index (χ2n) is 8.07. The number of hydrogen-bond donors (Lipinski definition) is 1. The van der Waals surface area contributed by atoms with E-state index in [9.17, 15) is 13.6 Å². The van der Waals surface area contributed by atoms with Crippen molar-refractivity contribution >= 4 is 40.5 Å². The van der Waals surface area contributed by atoms with Gasteiger partial charge in [-0.1, -0.05) is 36.2 Å². The minimum absolute atomic E-state index is 0.0825. The highest BCUT2D eigenvalue weighted by atomic mass is 35.5. The summed E-state index contributed by atoms with van der Waals surface area (Å²) in [5.41, 5.74) is 3.56. The average Bonchev–Trinajstić information content (AvgIpc) is 3.25. The van der Waals surface area contributed by atoms with Crippen molar-refractivity contribution in [2.24, 2.45) is 7.05 Å². The molecule has 0 radical (unpaired) electrons. The van der Waals surface area contributed by atoms with Gasteiger partial charge in [0.05, 0.1) is 21.9 Å². The largest absolute Gasteiger partial charge is 0.322 e. The molecule has 1 aromatic carbocycles. The monoisotopic (exact) mass is 505 g/mol. The first kappa shape index (κ1) is 24.2. The molecular formula is C24H23Cl2F2N5O. The van der Waals surface area contributed by atoms with E-state index in [0.717, 1.165) is 16.7 Å². The molecular weight excluding hydrogens is 483 g/mol. The Balaban J connectivity index is 1.42. The first-order valence-corrected chi connectivity index (χ1v) is 11.5. The van der Waals surface area contributed by atoms with Crippen LogP contribution in [-0.2, 0) is 13.0 Å². The number of amides is 2. The number of aryl methyl sites for hydroxylation is 1. The quantitative estimate of drug-likeness (QED) is 0.424. The molecule has 2 aromatic heterocycles. The molecule has 0 saturated heterocycles. The molecule has 0 spiro atoms. The zero-order valence-electron chi connectivity index (χ0n) is 18.7. The number of nitrogens with zero attached hydrogens (tertiary/aromatic N) is 4. The van der Waals surface area contributed by atoms with Gasteiger partial charge in [0.2, 0.25) is 0 Å². The van der Waals surface area contributed by atoms with Gasteiger partial charge in [-0.3, -0.25) is 9.67 Å². The van der Waals surface area contributed by atoms with Gasteiger partial charge >= 0.3 is 6.03 Å². The molecule has 1 N–H and O–H groups in total. The van der Waals surface area contributed by atoms with Gasteiger partial charge in [0.25, 0.3) is 5.92 Å². The van der Waals surface area contributed by atoms with Crippen LogP contribution >= 0.6 is 23.2 Å². The fourth-order valence-electron chi connectivity index (χ4n) is 3.75. The number of nitrogens with one attached hydrogen (secondary N) is 1. The van der Waals surface area contributed by atoms with Crippen LogP contribution in [0.25, 0.3) is 16.7 Å². The molecule has 178 valence electrons. The maximum Gasteiger partial charge on any atom is 0.322 e. The van der Waals surface area contributed by atoms with Crippen molar-refractivity contribution in [3.8, 4) is 11.1 Å². The lowest BCUT2D eigenvalue weighted by Gasteiger charge is -2.27. The Morgan fingerprint density at radius 1 is 1.18 bits per heavy atom. The molecule has 1 aliphatic heterocycles. The predicted molar refractivity (Wildman–Crippen MR) is 130 cm³/mol. The molecule has 0 aliphatic carbocycles. The Kier molecular flexibility index (Phi) is 6.91. The highest BCUT2D eigenvalue weighted by Gasteiger charge is 2.31. The maximum absolute atomic E-state index is 13.9. The Morgan fingerprint density at radius 3 is 2.56 bits per heavy atom. The van der Waals surface area contributed by atoms with Crippen LogP contribution in [-0.4, -0.2) is 38.8 Å². The SMILES string of the molecule is CCC(F)(F)c1ccc(NC(=O)N2CC=C(c3ncc(-c4cnn(C)c4)cc3Cl)CC2)cc1Cl. The first-order chi connectivity index (χ1) is 16.2. The second-order valence-corrected chi connectivity index (χ2v) is 8.88. The number of halogens is 4. The average molecular weight is 506 g/mol. The van der Waals surface area contributed by atoms with Gasteiger partial charge in [-0.2, -0.15) is 5.10 Å². The number of alkyl halides is 2. The molecule has 10 heteroatoms. The molecule has 0 unspecified atom stereocenters. The minimum atomic E-state index is -3.01. The third kappa shape index (κ3) is 5.08. The fraction of sp³-hybridized carbons (Fsp3) is 0.292. The van der Waals surface area contributed by atoms with E-state index in [4.69, 9.17) is 23.2 Å². The number of carbonyl (C=O) groups excluding carboxylic acids is 1. The lowest BCUT2D eigenvalue weighted by Crippen LogP contribution is -2.38. The lowest BCUT2D eigenvalue weighted by molar-refractivity contribution is -0.00815. The lowest BCUT2D eigenvalue weighted by atomic mass is 10.0. The first-order valence-electron chi connectivity index (χ1n) is 10.8. The van der Waals surface area contributed by atoms with Crippen LogP contribution < -0.4 is 5.32 Å². The Labute approximate surface area is 206 Å². The van der Waals surface area contributed by atoms with Gasteiger partial charge in [-0.15, -0.1) is 0 Å². The van der Waals surface area contributed by atoms with Crippen LogP contribution in [0.3, 0.4) is 0 Å². The second kappa shape index (κ2) is 9.72. The Morgan fingerprint density at radius 2 is 1.97 bits per heavy atom. The van der Waals surface area contributed by atoms with Gasteiger partial charge in [0.1, 0.15) is 0 Å². The molecule has 0 bridgehead atoms. The van der Waals surface area contributed by atoms with Crippen LogP contribution in [0.2, 0.25) is 10.0 Å². The molecule has 34 heavy (non-hydrogen) atoms. The van der Waals surface area contributed by atoms with Crippen molar-refractivity contribution in [2.75, 3.05) is 18.4 Å². The van der Waals surface area contributed by atoms with Crippen LogP contribution in [0.15, 0.2) is 48.9 Å². The summed E-state index contributed by atoms with van der Waals surface area (Å²) in [6.45, 7) is 2.21. The Hall–Kier alpha value is -2.97. The standard InChI is InChI=1S/C24H23Cl2F2N5O/c1-3-24(27,28)19-5-4-18(11-20(19)25)31-23(34)33-8-6-15(7-9-33)22-21(26)10-16(12-29-22)17-13-30-32(2)14-17/h4-6,10-14H,3,7-9H2,1-2H3,(H,31,34). The minimum Gasteiger partial charge on any atom is -0.320 e. The summed E-state index contributed by atoms with van der Waals surface area (Å²) in [7, 11) is 1.84. The number of pyridine rings is 1. The van der Waals surface area contributed by atoms with Crippen LogP contribution in [0, 0.1) is 0 Å². The van der Waals surface area contributed by atoms with E-state index in [1.54, 1.807) is 22.0 Å². The van der Waals surface area contributed by atoms with E-state index in [2.05, 4.69) is 15.4 Å². The highest BCUT2D eigenvalue weighted by molar-refractivity contribution is 6.32. The number of urea groups is 1. The summed E-state index contributed by atoms with van der Waals surface area (Å²) in [4.78, 5) is 18.8. The summed E-state index contributed by atoms with van der Waals surface area (Å²) in [5, 5.41) is 7.33. The van der Waals surface area contributed by atoms with Crippen LogP contribution in [0.5, 0.6) is 0 Å². The van der Waals surface area contributed by atoms with Gasteiger partial charge < -0.3 is 10.2 Å². The van der Waals surface area contributed by atoms with E-state index < -0.39 is 5.92 Å². The summed E-state index contributed by atoms with van der Waals surface area (Å²) in [6, 6.07) is 5.54. The normalized spacial score (nSPS) is 14.2. The zero-order chi connectivity index (χ0) is 24.5. The van der Waals surface area contributed by atoms with E-state index in [1.165, 1.54) is 25.1 Å². The molecule has 0 fully saturated rings. The maximum atomic E-state index is 13.9. The third-order valence-electron chi connectivity index (χ3n) is 5.74. The number of rotatable bonds is 5. The number of anilines is 1. The summed E-state index contributed by atoms with van der Waals surface area (Å²) < 4.78 is 29.6. The number of carbonyl (C=O) groups is 1. The molecule has 0 atom stereocenters. The predicted octanol–water partition coefficient (Wildman–Crippen LogP) is 6.61. The van der Waals surface area contributed by atoms with E-state index in [0.29, 0.717) is 35.9 Å². The third-order valence-corrected chi connectivity index (χ3v) is 6.34. The molecule has 4 rings (SSSR count). The summed E-state index contributed by atoms with van der Waals surface area (Å²) >= 11 is 12.5. The molecule has 3 heterocycles. The molecule has 6 nitrogen and oxygen atoms in total. The van der Waals surface area contributed by atoms with Crippen molar-refractivity contribution in [3.63, 3.8) is 0 Å². The Bertz CT molecular complexity index is 1260. The molecule has 1 aliphatic rings. The van der Waals surface area contributed by atoms with Crippen molar-refractivity contribution in [2.45, 2.75) is 25.7 Å². The van der Waals surface area contributed by atoms with Gasteiger partial charge in [0.15, 0.2) is 0 Å². The summed E-state index contributed by atoms with van der Waals surface area (Å²) in [6.07, 6.45) is 7.53. The zero-order valence-corrected chi connectivity index (χ0v) is 20.2. The van der Waals surface area contributed by atoms with Crippen molar-refractivity contribution in [1.29, 1.82) is 0 Å². The number of benzene rings is 1. The highest BCUT2D eigenvalue weighted by Crippen LogP contribution is 2.37. The van der Waals surface area contributed by atoms with E-state index >= 15 is 0 Å². The smallest absolute Gasteiger partial charge is 0.320 e. The fourth-order valence-corrected chi connectivity index (χ4v) is 4.36. The number of aromatic nitrogens is 3. The molecule has 2 amide bonds. The van der Waals surface area contributed by atoms with Gasteiger partial charge in [-0.05, 0) is 36.3 Å². The van der Waals surface area contributed by atoms with Crippen molar-refractivity contribution < 1.29 is 13.6 Å². The van der Waals surface area contributed by atoms with Crippen LogP contribution in [0.1, 0.15) is 31.0 Å². The number of hydrogen-bond acceptors (Lipinski definition) is 3.